The zero-order chi connectivity index (χ0) is 13.1. The molecule has 0 aliphatic carbocycles. The molecule has 0 saturated carbocycles. The number of hydrogen-bond donors (Lipinski definition) is 1. The van der Waals surface area contributed by atoms with Gasteiger partial charge in [0.25, 0.3) is 0 Å². The number of imidazole rings is 1. The maximum atomic E-state index is 6.20. The Hall–Kier alpha value is -1.68. The number of aryl methyl sites for hydroxylation is 1. The molecule has 0 amide bonds. The largest absolute Gasteiger partial charge is 0.329 e. The summed E-state index contributed by atoms with van der Waals surface area (Å²) in [7, 11) is 0. The molecule has 1 atom stereocenters. The van der Waals surface area contributed by atoms with Crippen molar-refractivity contribution in [3.8, 4) is 0 Å². The second-order valence-electron chi connectivity index (χ2n) is 5.02. The van der Waals surface area contributed by atoms with Gasteiger partial charge in [-0.15, -0.1) is 0 Å². The third-order valence-electron chi connectivity index (χ3n) is 3.29. The van der Waals surface area contributed by atoms with Gasteiger partial charge in [0.05, 0.1) is 18.6 Å². The molecule has 2 aromatic heterocycles. The maximum absolute atomic E-state index is 6.20. The fourth-order valence-electron chi connectivity index (χ4n) is 1.93. The van der Waals surface area contributed by atoms with Crippen molar-refractivity contribution in [1.29, 1.82) is 0 Å². The highest BCUT2D eigenvalue weighted by Crippen LogP contribution is 2.19. The van der Waals surface area contributed by atoms with Gasteiger partial charge in [0, 0.05) is 24.6 Å². The molecule has 0 radical (unpaired) electrons. The number of nitrogens with two attached hydrogens (primary N) is 1. The summed E-state index contributed by atoms with van der Waals surface area (Å²) in [6, 6.07) is 2.04. The minimum Gasteiger partial charge on any atom is -0.329 e. The second kappa shape index (κ2) is 5.31. The normalized spacial score (nSPS) is 12.9. The van der Waals surface area contributed by atoms with Crippen LogP contribution in [0.2, 0.25) is 0 Å². The van der Waals surface area contributed by atoms with E-state index in [0.717, 1.165) is 12.2 Å². The van der Waals surface area contributed by atoms with Gasteiger partial charge in [-0.3, -0.25) is 4.98 Å². The van der Waals surface area contributed by atoms with Gasteiger partial charge in [-0.05, 0) is 30.0 Å². The summed E-state index contributed by atoms with van der Waals surface area (Å²) in [6.45, 7) is 7.11. The van der Waals surface area contributed by atoms with E-state index in [1.807, 2.05) is 31.0 Å². The van der Waals surface area contributed by atoms with E-state index in [0.29, 0.717) is 5.92 Å². The van der Waals surface area contributed by atoms with Gasteiger partial charge in [0.2, 0.25) is 0 Å². The molecule has 0 bridgehead atoms. The van der Waals surface area contributed by atoms with Gasteiger partial charge in [0.15, 0.2) is 0 Å². The van der Waals surface area contributed by atoms with E-state index >= 15 is 0 Å². The molecule has 18 heavy (non-hydrogen) atoms. The number of pyridine rings is 1. The van der Waals surface area contributed by atoms with E-state index in [4.69, 9.17) is 5.73 Å². The summed E-state index contributed by atoms with van der Waals surface area (Å²) >= 11 is 0. The Morgan fingerprint density at radius 3 is 2.72 bits per heavy atom. The molecule has 96 valence electrons. The first-order valence-electron chi connectivity index (χ1n) is 6.24. The van der Waals surface area contributed by atoms with Crippen LogP contribution in [0.4, 0.5) is 0 Å². The van der Waals surface area contributed by atoms with Crippen LogP contribution in [0.25, 0.3) is 0 Å². The van der Waals surface area contributed by atoms with E-state index in [9.17, 15) is 0 Å². The third-order valence-corrected chi connectivity index (χ3v) is 3.29. The zero-order valence-corrected chi connectivity index (χ0v) is 11.2. The molecule has 0 spiro atoms. The Morgan fingerprint density at radius 1 is 1.28 bits per heavy atom. The average molecular weight is 244 g/mol. The van der Waals surface area contributed by atoms with E-state index in [-0.39, 0.29) is 6.04 Å². The smallest absolute Gasteiger partial charge is 0.0951 e. The molecule has 4 nitrogen and oxygen atoms in total. The van der Waals surface area contributed by atoms with Gasteiger partial charge in [-0.25, -0.2) is 4.98 Å². The van der Waals surface area contributed by atoms with Crippen molar-refractivity contribution in [3.63, 3.8) is 0 Å². The number of nitrogens with zero attached hydrogens (tertiary/aromatic N) is 3. The number of aromatic nitrogens is 3. The predicted octanol–water partition coefficient (Wildman–Crippen LogP) is 2.29. The number of hydrogen-bond acceptors (Lipinski definition) is 3. The molecule has 0 aliphatic heterocycles. The highest BCUT2D eigenvalue weighted by molar-refractivity contribution is 5.22. The van der Waals surface area contributed by atoms with Crippen LogP contribution < -0.4 is 5.73 Å². The Morgan fingerprint density at radius 2 is 2.06 bits per heavy atom. The predicted molar refractivity (Wildman–Crippen MR) is 72.1 cm³/mol. The van der Waals surface area contributed by atoms with Crippen molar-refractivity contribution in [2.75, 3.05) is 0 Å². The van der Waals surface area contributed by atoms with Crippen LogP contribution in [0.1, 0.15) is 36.7 Å². The molecule has 0 aliphatic rings. The topological polar surface area (TPSA) is 56.7 Å². The molecular formula is C14H20N4. The van der Waals surface area contributed by atoms with Crippen molar-refractivity contribution in [1.82, 2.24) is 14.5 Å². The van der Waals surface area contributed by atoms with Crippen molar-refractivity contribution in [2.24, 2.45) is 11.7 Å². The Balaban J connectivity index is 2.26. The summed E-state index contributed by atoms with van der Waals surface area (Å²) in [6.07, 6.45) is 7.41. The lowest BCUT2D eigenvalue weighted by molar-refractivity contribution is 0.484. The maximum Gasteiger partial charge on any atom is 0.0951 e. The molecule has 0 saturated heterocycles. The monoisotopic (exact) mass is 244 g/mol. The van der Waals surface area contributed by atoms with Crippen LogP contribution in [0.5, 0.6) is 0 Å². The summed E-state index contributed by atoms with van der Waals surface area (Å²) < 4.78 is 2.11. The first-order chi connectivity index (χ1) is 8.59. The first-order valence-corrected chi connectivity index (χ1v) is 6.24. The zero-order valence-electron chi connectivity index (χ0n) is 11.2. The van der Waals surface area contributed by atoms with Crippen molar-refractivity contribution in [3.05, 3.63) is 47.8 Å². The molecule has 4 heteroatoms. The van der Waals surface area contributed by atoms with Crippen molar-refractivity contribution in [2.45, 2.75) is 33.4 Å². The lowest BCUT2D eigenvalue weighted by Crippen LogP contribution is -2.20. The first kappa shape index (κ1) is 12.8. The van der Waals surface area contributed by atoms with E-state index in [1.165, 1.54) is 11.1 Å². The molecule has 2 N–H and O–H groups in total. The van der Waals surface area contributed by atoms with Crippen molar-refractivity contribution >= 4 is 0 Å². The Kier molecular flexibility index (Phi) is 3.77. The SMILES string of the molecule is Cc1ccncc1Cn1cncc1C(N)C(C)C. The molecule has 2 heterocycles. The molecule has 0 fully saturated rings. The molecule has 2 aromatic rings. The fraction of sp³-hybridized carbons (Fsp3) is 0.429. The van der Waals surface area contributed by atoms with Crippen molar-refractivity contribution < 1.29 is 0 Å². The average Bonchev–Trinajstić information content (AvgIpc) is 2.79. The highest BCUT2D eigenvalue weighted by atomic mass is 15.1. The minimum absolute atomic E-state index is 0.0180. The minimum atomic E-state index is 0.0180. The van der Waals surface area contributed by atoms with Gasteiger partial charge in [-0.1, -0.05) is 13.8 Å². The van der Waals surface area contributed by atoms with Crippen LogP contribution >= 0.6 is 0 Å². The standard InChI is InChI=1S/C14H20N4/c1-10(2)14(15)13-7-17-9-18(13)8-12-6-16-5-4-11(12)3/h4-7,9-10,14H,8,15H2,1-3H3. The van der Waals surface area contributed by atoms with E-state index in [1.54, 1.807) is 0 Å². The van der Waals surface area contributed by atoms with Gasteiger partial charge < -0.3 is 10.3 Å². The van der Waals surface area contributed by atoms with Crippen LogP contribution in [-0.4, -0.2) is 14.5 Å². The molecule has 0 aromatic carbocycles. The summed E-state index contributed by atoms with van der Waals surface area (Å²) in [5.41, 5.74) is 9.72. The van der Waals surface area contributed by atoms with E-state index in [2.05, 4.69) is 35.3 Å². The number of rotatable bonds is 4. The molecule has 2 rings (SSSR count). The highest BCUT2D eigenvalue weighted by Gasteiger charge is 2.15. The van der Waals surface area contributed by atoms with Crippen LogP contribution in [-0.2, 0) is 6.54 Å². The van der Waals surface area contributed by atoms with Gasteiger partial charge in [0.1, 0.15) is 0 Å². The summed E-state index contributed by atoms with van der Waals surface area (Å²) in [5, 5.41) is 0. The van der Waals surface area contributed by atoms with Crippen LogP contribution in [0, 0.1) is 12.8 Å². The Labute approximate surface area is 108 Å². The van der Waals surface area contributed by atoms with Crippen LogP contribution in [0.15, 0.2) is 31.0 Å². The van der Waals surface area contributed by atoms with Crippen LogP contribution in [0.3, 0.4) is 0 Å². The van der Waals surface area contributed by atoms with E-state index < -0.39 is 0 Å². The lowest BCUT2D eigenvalue weighted by atomic mass is 10.0. The fourth-order valence-corrected chi connectivity index (χ4v) is 1.93. The summed E-state index contributed by atoms with van der Waals surface area (Å²) in [5.74, 6) is 0.399. The second-order valence-corrected chi connectivity index (χ2v) is 5.02. The molecular weight excluding hydrogens is 224 g/mol. The van der Waals surface area contributed by atoms with Gasteiger partial charge in [-0.2, -0.15) is 0 Å². The summed E-state index contributed by atoms with van der Waals surface area (Å²) in [4.78, 5) is 8.38. The van der Waals surface area contributed by atoms with Gasteiger partial charge >= 0.3 is 0 Å². The quantitative estimate of drug-likeness (QED) is 0.897. The molecule has 1 unspecified atom stereocenters. The Bertz CT molecular complexity index is 516. The lowest BCUT2D eigenvalue weighted by Gasteiger charge is -2.18. The third kappa shape index (κ3) is 2.59.